The fraction of sp³-hybridized carbons (Fsp3) is 0.455. The summed E-state index contributed by atoms with van der Waals surface area (Å²) in [6.07, 6.45) is 11.1. The number of hydrogen-bond acceptors (Lipinski definition) is 6. The van der Waals surface area contributed by atoms with Gasteiger partial charge in [-0.15, -0.1) is 0 Å². The molecule has 0 radical (unpaired) electrons. The number of rotatable bonds is 7. The third kappa shape index (κ3) is 4.83. The maximum Gasteiger partial charge on any atom is 0.228 e. The zero-order valence-corrected chi connectivity index (χ0v) is 17.5. The Morgan fingerprint density at radius 2 is 1.93 bits per heavy atom. The van der Waals surface area contributed by atoms with Crippen LogP contribution in [0.1, 0.15) is 25.7 Å². The molecule has 8 nitrogen and oxygen atoms in total. The smallest absolute Gasteiger partial charge is 0.228 e. The molecule has 1 aliphatic carbocycles. The van der Waals surface area contributed by atoms with Gasteiger partial charge in [-0.25, -0.2) is 4.98 Å². The maximum atomic E-state index is 12.7. The van der Waals surface area contributed by atoms with Crippen molar-refractivity contribution >= 4 is 22.5 Å². The minimum absolute atomic E-state index is 0.0337. The Balaban J connectivity index is 1.39. The second-order valence-corrected chi connectivity index (χ2v) is 7.87. The van der Waals surface area contributed by atoms with Gasteiger partial charge in [0.25, 0.3) is 0 Å². The topological polar surface area (TPSA) is 94.0 Å². The zero-order chi connectivity index (χ0) is 20.9. The molecule has 1 fully saturated rings. The summed E-state index contributed by atoms with van der Waals surface area (Å²) in [5.74, 6) is 0.668. The first kappa shape index (κ1) is 20.4. The predicted octanol–water partition coefficient (Wildman–Crippen LogP) is 2.76. The Morgan fingerprint density at radius 3 is 2.67 bits per heavy atom. The summed E-state index contributed by atoms with van der Waals surface area (Å²) < 4.78 is 6.83. The van der Waals surface area contributed by atoms with Crippen molar-refractivity contribution in [1.82, 2.24) is 25.1 Å². The van der Waals surface area contributed by atoms with Crippen LogP contribution in [0.4, 0.5) is 5.82 Å². The lowest BCUT2D eigenvalue weighted by atomic mass is 9.85. The van der Waals surface area contributed by atoms with Crippen molar-refractivity contribution in [3.05, 3.63) is 36.9 Å². The summed E-state index contributed by atoms with van der Waals surface area (Å²) in [4.78, 5) is 21.6. The molecule has 0 atom stereocenters. The molecule has 3 aromatic heterocycles. The van der Waals surface area contributed by atoms with E-state index in [1.807, 2.05) is 25.4 Å². The van der Waals surface area contributed by atoms with Gasteiger partial charge >= 0.3 is 0 Å². The molecular formula is C22H28N6O2. The van der Waals surface area contributed by atoms with Crippen LogP contribution in [-0.2, 0) is 16.6 Å². The highest BCUT2D eigenvalue weighted by atomic mass is 16.5. The molecule has 3 aromatic rings. The molecule has 30 heavy (non-hydrogen) atoms. The average molecular weight is 409 g/mol. The Morgan fingerprint density at radius 1 is 1.13 bits per heavy atom. The van der Waals surface area contributed by atoms with E-state index in [-0.39, 0.29) is 11.8 Å². The van der Waals surface area contributed by atoms with Gasteiger partial charge in [-0.05, 0) is 43.2 Å². The van der Waals surface area contributed by atoms with Crippen molar-refractivity contribution < 1.29 is 9.53 Å². The number of carbonyl (C=O) groups excluding carboxylic acids is 1. The molecule has 1 aliphatic rings. The number of carbonyl (C=O) groups is 1. The number of aromatic nitrogens is 4. The summed E-state index contributed by atoms with van der Waals surface area (Å²) in [5.41, 5.74) is 1.80. The predicted molar refractivity (Wildman–Crippen MR) is 116 cm³/mol. The number of aryl methyl sites for hydroxylation is 1. The molecule has 0 unspecified atom stereocenters. The van der Waals surface area contributed by atoms with E-state index in [0.717, 1.165) is 54.3 Å². The van der Waals surface area contributed by atoms with E-state index < -0.39 is 0 Å². The minimum atomic E-state index is 0.0337. The van der Waals surface area contributed by atoms with Crippen LogP contribution < -0.4 is 10.6 Å². The van der Waals surface area contributed by atoms with E-state index >= 15 is 0 Å². The van der Waals surface area contributed by atoms with Crippen LogP contribution in [-0.4, -0.2) is 52.0 Å². The van der Waals surface area contributed by atoms with Crippen molar-refractivity contribution in [2.45, 2.75) is 31.7 Å². The number of amides is 1. The molecule has 0 aliphatic heterocycles. The lowest BCUT2D eigenvalue weighted by Crippen LogP contribution is -2.37. The second kappa shape index (κ2) is 9.32. The SMILES string of the molecule is COCCNC1CCC(C(=O)Nc2cc3cc(-c4cnn(C)c4)ncc3cn2)CC1. The lowest BCUT2D eigenvalue weighted by Gasteiger charge is -2.28. The number of anilines is 1. The van der Waals surface area contributed by atoms with Crippen molar-refractivity contribution in [2.75, 3.05) is 25.6 Å². The van der Waals surface area contributed by atoms with Gasteiger partial charge < -0.3 is 15.4 Å². The summed E-state index contributed by atoms with van der Waals surface area (Å²) in [5, 5.41) is 12.6. The minimum Gasteiger partial charge on any atom is -0.383 e. The number of nitrogens with zero attached hydrogens (tertiary/aromatic N) is 4. The third-order valence-electron chi connectivity index (χ3n) is 5.69. The molecule has 1 saturated carbocycles. The molecule has 3 heterocycles. The van der Waals surface area contributed by atoms with E-state index in [1.165, 1.54) is 0 Å². The third-order valence-corrected chi connectivity index (χ3v) is 5.69. The fourth-order valence-corrected chi connectivity index (χ4v) is 3.97. The van der Waals surface area contributed by atoms with Crippen molar-refractivity contribution in [3.63, 3.8) is 0 Å². The zero-order valence-electron chi connectivity index (χ0n) is 17.5. The van der Waals surface area contributed by atoms with Crippen LogP contribution in [0.2, 0.25) is 0 Å². The molecule has 0 spiro atoms. The van der Waals surface area contributed by atoms with E-state index in [9.17, 15) is 4.79 Å². The van der Waals surface area contributed by atoms with Gasteiger partial charge in [0.1, 0.15) is 5.82 Å². The van der Waals surface area contributed by atoms with Crippen LogP contribution in [0, 0.1) is 5.92 Å². The monoisotopic (exact) mass is 408 g/mol. The highest BCUT2D eigenvalue weighted by molar-refractivity contribution is 5.94. The van der Waals surface area contributed by atoms with Gasteiger partial charge in [-0.1, -0.05) is 0 Å². The Hall–Kier alpha value is -2.84. The van der Waals surface area contributed by atoms with Crippen LogP contribution in [0.5, 0.6) is 0 Å². The van der Waals surface area contributed by atoms with E-state index in [0.29, 0.717) is 18.5 Å². The van der Waals surface area contributed by atoms with E-state index in [1.54, 1.807) is 30.4 Å². The summed E-state index contributed by atoms with van der Waals surface area (Å²) in [7, 11) is 3.59. The van der Waals surface area contributed by atoms with Gasteiger partial charge in [-0.3, -0.25) is 14.5 Å². The number of methoxy groups -OCH3 is 1. The highest BCUT2D eigenvalue weighted by Crippen LogP contribution is 2.27. The maximum absolute atomic E-state index is 12.7. The summed E-state index contributed by atoms with van der Waals surface area (Å²) in [6, 6.07) is 4.38. The van der Waals surface area contributed by atoms with Gasteiger partial charge in [0.15, 0.2) is 0 Å². The van der Waals surface area contributed by atoms with Crippen LogP contribution >= 0.6 is 0 Å². The normalized spacial score (nSPS) is 19.1. The first-order chi connectivity index (χ1) is 14.6. The first-order valence-corrected chi connectivity index (χ1v) is 10.4. The van der Waals surface area contributed by atoms with E-state index in [4.69, 9.17) is 4.74 Å². The quantitative estimate of drug-likeness (QED) is 0.584. The summed E-state index contributed by atoms with van der Waals surface area (Å²) in [6.45, 7) is 1.57. The van der Waals surface area contributed by atoms with Crippen LogP contribution in [0.3, 0.4) is 0 Å². The molecule has 8 heteroatoms. The van der Waals surface area contributed by atoms with E-state index in [2.05, 4.69) is 25.7 Å². The summed E-state index contributed by atoms with van der Waals surface area (Å²) >= 11 is 0. The first-order valence-electron chi connectivity index (χ1n) is 10.4. The molecule has 1 amide bonds. The van der Waals surface area contributed by atoms with Crippen LogP contribution in [0.15, 0.2) is 36.9 Å². The number of ether oxygens (including phenoxy) is 1. The standard InChI is InChI=1S/C22H28N6O2/c1-28-14-18(13-26-28)20-9-16-10-21(25-12-17(16)11-24-20)27-22(29)15-3-5-19(6-4-15)23-7-8-30-2/h9-15,19,23H,3-8H2,1-2H3,(H,25,27,29). The number of fused-ring (bicyclic) bond motifs is 1. The second-order valence-electron chi connectivity index (χ2n) is 7.87. The highest BCUT2D eigenvalue weighted by Gasteiger charge is 2.26. The molecule has 0 saturated heterocycles. The number of hydrogen-bond donors (Lipinski definition) is 2. The molecule has 0 bridgehead atoms. The van der Waals surface area contributed by atoms with Gasteiger partial charge in [0.2, 0.25) is 5.91 Å². The molecule has 2 N–H and O–H groups in total. The average Bonchev–Trinajstić information content (AvgIpc) is 3.20. The van der Waals surface area contributed by atoms with Gasteiger partial charge in [0.05, 0.1) is 18.5 Å². The Bertz CT molecular complexity index is 1010. The Kier molecular flexibility index (Phi) is 6.35. The molecular weight excluding hydrogens is 380 g/mol. The number of nitrogens with one attached hydrogen (secondary N) is 2. The largest absolute Gasteiger partial charge is 0.383 e. The van der Waals surface area contributed by atoms with Crippen molar-refractivity contribution in [2.24, 2.45) is 13.0 Å². The van der Waals surface area contributed by atoms with Gasteiger partial charge in [-0.2, -0.15) is 5.10 Å². The Labute approximate surface area is 176 Å². The van der Waals surface area contributed by atoms with Gasteiger partial charge in [0, 0.05) is 62.2 Å². The molecule has 4 rings (SSSR count). The molecule has 0 aromatic carbocycles. The molecule has 158 valence electrons. The van der Waals surface area contributed by atoms with Crippen LogP contribution in [0.25, 0.3) is 22.0 Å². The fourth-order valence-electron chi connectivity index (χ4n) is 3.97. The van der Waals surface area contributed by atoms with Crippen molar-refractivity contribution in [3.8, 4) is 11.3 Å². The van der Waals surface area contributed by atoms with Crippen molar-refractivity contribution in [1.29, 1.82) is 0 Å². The number of pyridine rings is 2. The lowest BCUT2D eigenvalue weighted by molar-refractivity contribution is -0.120.